The second kappa shape index (κ2) is 10.1. The molecule has 10 nitrogen and oxygen atoms in total. The van der Waals surface area contributed by atoms with E-state index in [2.05, 4.69) is 10.1 Å². The summed E-state index contributed by atoms with van der Waals surface area (Å²) in [4.78, 5) is 16.4. The van der Waals surface area contributed by atoms with Crippen LogP contribution in [0.25, 0.3) is 6.08 Å². The highest BCUT2D eigenvalue weighted by Crippen LogP contribution is 2.32. The van der Waals surface area contributed by atoms with Crippen LogP contribution < -0.4 is 14.2 Å². The summed E-state index contributed by atoms with van der Waals surface area (Å²) < 4.78 is 40.1. The van der Waals surface area contributed by atoms with Gasteiger partial charge in [0.25, 0.3) is 5.91 Å². The maximum atomic E-state index is 12.5. The molecule has 0 spiro atoms. The van der Waals surface area contributed by atoms with E-state index in [1.54, 1.807) is 30.3 Å². The third kappa shape index (κ3) is 5.50. The van der Waals surface area contributed by atoms with Crippen LogP contribution >= 0.6 is 23.4 Å². The predicted octanol–water partition coefficient (Wildman–Crippen LogP) is 3.43. The first-order valence-electron chi connectivity index (χ1n) is 10.1. The number of rotatable bonds is 7. The Labute approximate surface area is 210 Å². The lowest BCUT2D eigenvalue weighted by Gasteiger charge is -2.20. The van der Waals surface area contributed by atoms with Gasteiger partial charge in [-0.05, 0) is 47.7 Å². The Morgan fingerprint density at radius 1 is 1.11 bits per heavy atom. The van der Waals surface area contributed by atoms with E-state index in [0.717, 1.165) is 23.0 Å². The van der Waals surface area contributed by atoms with Gasteiger partial charge in [0.15, 0.2) is 17.3 Å². The molecule has 2 aliphatic rings. The fourth-order valence-electron chi connectivity index (χ4n) is 3.05. The van der Waals surface area contributed by atoms with E-state index in [9.17, 15) is 13.2 Å². The van der Waals surface area contributed by atoms with Gasteiger partial charge < -0.3 is 14.2 Å². The zero-order chi connectivity index (χ0) is 25.2. The Morgan fingerprint density at radius 2 is 1.83 bits per heavy atom. The molecule has 4 rings (SSSR count). The van der Waals surface area contributed by atoms with Crippen molar-refractivity contribution in [1.29, 1.82) is 5.41 Å². The number of amidine groups is 2. The fourth-order valence-corrected chi connectivity index (χ4v) is 4.92. The number of ether oxygens (including phenoxy) is 3. The molecule has 182 valence electrons. The summed E-state index contributed by atoms with van der Waals surface area (Å²) >= 11 is 6.80. The minimum Gasteiger partial charge on any atom is -0.493 e. The van der Waals surface area contributed by atoms with Crippen LogP contribution in [0.5, 0.6) is 17.2 Å². The van der Waals surface area contributed by atoms with E-state index >= 15 is 0 Å². The lowest BCUT2D eigenvalue weighted by atomic mass is 10.1. The van der Waals surface area contributed by atoms with Crippen LogP contribution in [0.2, 0.25) is 5.02 Å². The van der Waals surface area contributed by atoms with Crippen LogP contribution in [0.15, 0.2) is 58.1 Å². The molecular weight excluding hydrogens is 516 g/mol. The number of nitrogens with zero attached hydrogens (tertiary/aromatic N) is 3. The number of fused-ring (bicyclic) bond motifs is 1. The van der Waals surface area contributed by atoms with Crippen LogP contribution in [-0.4, -0.2) is 61.3 Å². The van der Waals surface area contributed by atoms with Gasteiger partial charge in [0.2, 0.25) is 19.4 Å². The molecule has 2 heterocycles. The number of sulfone groups is 1. The molecule has 2 aromatic rings. The largest absolute Gasteiger partial charge is 0.493 e. The molecule has 1 N–H and O–H groups in total. The summed E-state index contributed by atoms with van der Waals surface area (Å²) in [6.07, 6.45) is 2.45. The van der Waals surface area contributed by atoms with Crippen molar-refractivity contribution in [2.45, 2.75) is 0 Å². The number of halogens is 1. The number of hydrogen-bond donors (Lipinski definition) is 1. The first-order chi connectivity index (χ1) is 16.7. The molecule has 0 aliphatic carbocycles. The molecule has 0 bridgehead atoms. The highest BCUT2D eigenvalue weighted by atomic mass is 35.5. The summed E-state index contributed by atoms with van der Waals surface area (Å²) in [6, 6.07) is 12.1. The molecule has 0 radical (unpaired) electrons. The van der Waals surface area contributed by atoms with Crippen molar-refractivity contribution in [2.24, 2.45) is 10.1 Å². The van der Waals surface area contributed by atoms with E-state index in [1.165, 1.54) is 13.2 Å². The zero-order valence-corrected chi connectivity index (χ0v) is 20.9. The molecule has 0 atom stereocenters. The standard InChI is InChI=1S/C22H19ClN4O6S2/c1-31-18-12-13(7-8-17(18)33-10-9-32-16-6-4-3-5-15(16)23)11-14-19(24)27-21(25-20(14)28)34-22(26-27)35(2,29)30/h3-8,11-12,24H,9-10H2,1-2H3/b14-11+,24-19?. The number of thioether (sulfide) groups is 1. The summed E-state index contributed by atoms with van der Waals surface area (Å²) in [7, 11) is -2.12. The minimum atomic E-state index is -3.60. The summed E-state index contributed by atoms with van der Waals surface area (Å²) in [5.41, 5.74) is 0.504. The van der Waals surface area contributed by atoms with Crippen LogP contribution in [0.1, 0.15) is 5.56 Å². The highest BCUT2D eigenvalue weighted by molar-refractivity contribution is 8.42. The predicted molar refractivity (Wildman–Crippen MR) is 135 cm³/mol. The summed E-state index contributed by atoms with van der Waals surface area (Å²) in [6.45, 7) is 0.491. The Hall–Kier alpha value is -3.35. The lowest BCUT2D eigenvalue weighted by Crippen LogP contribution is -2.35. The molecule has 1 amide bonds. The van der Waals surface area contributed by atoms with Crippen molar-refractivity contribution in [1.82, 2.24) is 5.01 Å². The van der Waals surface area contributed by atoms with E-state index in [1.807, 2.05) is 12.1 Å². The number of hydrazone groups is 1. The van der Waals surface area contributed by atoms with Crippen LogP contribution in [0, 0.1) is 5.41 Å². The Kier molecular flexibility index (Phi) is 7.15. The number of aliphatic imine (C=N–C) groups is 1. The zero-order valence-electron chi connectivity index (χ0n) is 18.5. The third-order valence-electron chi connectivity index (χ3n) is 4.69. The maximum Gasteiger partial charge on any atom is 0.283 e. The van der Waals surface area contributed by atoms with Crippen molar-refractivity contribution in [3.63, 3.8) is 0 Å². The number of para-hydroxylation sites is 1. The van der Waals surface area contributed by atoms with Crippen LogP contribution in [-0.2, 0) is 14.6 Å². The van der Waals surface area contributed by atoms with Crippen LogP contribution in [0.4, 0.5) is 0 Å². The van der Waals surface area contributed by atoms with Gasteiger partial charge in [-0.1, -0.05) is 29.8 Å². The third-order valence-corrected chi connectivity index (χ3v) is 7.58. The minimum absolute atomic E-state index is 0.0258. The topological polar surface area (TPSA) is 131 Å². The van der Waals surface area contributed by atoms with Crippen molar-refractivity contribution in [3.05, 3.63) is 58.6 Å². The normalized spacial score (nSPS) is 16.7. The number of nitrogens with one attached hydrogen (secondary N) is 1. The second-order valence-electron chi connectivity index (χ2n) is 7.20. The van der Waals surface area contributed by atoms with Crippen molar-refractivity contribution in [3.8, 4) is 17.2 Å². The molecule has 0 saturated heterocycles. The van der Waals surface area contributed by atoms with Gasteiger partial charge in [-0.25, -0.2) is 8.42 Å². The van der Waals surface area contributed by atoms with Gasteiger partial charge in [0, 0.05) is 6.26 Å². The molecule has 0 unspecified atom stereocenters. The second-order valence-corrected chi connectivity index (χ2v) is 10.7. The fraction of sp³-hybridized carbons (Fsp3) is 0.182. The number of carbonyl (C=O) groups excluding carboxylic acids is 1. The average Bonchev–Trinajstić information content (AvgIpc) is 3.26. The molecule has 2 aromatic carbocycles. The van der Waals surface area contributed by atoms with Crippen LogP contribution in [0.3, 0.4) is 0 Å². The van der Waals surface area contributed by atoms with E-state index < -0.39 is 15.7 Å². The van der Waals surface area contributed by atoms with Gasteiger partial charge in [-0.3, -0.25) is 10.2 Å². The maximum absolute atomic E-state index is 12.5. The van der Waals surface area contributed by atoms with Gasteiger partial charge >= 0.3 is 0 Å². The van der Waals surface area contributed by atoms with E-state index in [4.69, 9.17) is 31.2 Å². The van der Waals surface area contributed by atoms with Gasteiger partial charge in [-0.15, -0.1) is 5.10 Å². The molecule has 35 heavy (non-hydrogen) atoms. The molecule has 0 aromatic heterocycles. The number of carbonyl (C=O) groups is 1. The Bertz CT molecular complexity index is 1400. The summed E-state index contributed by atoms with van der Waals surface area (Å²) in [5.74, 6) is 0.477. The summed E-state index contributed by atoms with van der Waals surface area (Å²) in [5, 5.41) is 13.8. The van der Waals surface area contributed by atoms with Crippen molar-refractivity contribution < 1.29 is 27.4 Å². The SMILES string of the molecule is COc1cc(/C=C2\C(=N)N3N=C(S(C)(=O)=O)SC3=NC2=O)ccc1OCCOc1ccccc1Cl. The molecule has 2 aliphatic heterocycles. The quantitative estimate of drug-likeness (QED) is 0.422. The smallest absolute Gasteiger partial charge is 0.283 e. The lowest BCUT2D eigenvalue weighted by molar-refractivity contribution is -0.114. The van der Waals surface area contributed by atoms with E-state index in [-0.39, 0.29) is 34.2 Å². The van der Waals surface area contributed by atoms with Gasteiger partial charge in [0.05, 0.1) is 17.7 Å². The first-order valence-corrected chi connectivity index (χ1v) is 13.1. The molecule has 0 fully saturated rings. The average molecular weight is 535 g/mol. The Balaban J connectivity index is 1.47. The molecule has 13 heteroatoms. The number of benzene rings is 2. The number of hydrogen-bond acceptors (Lipinski definition) is 9. The first kappa shape index (κ1) is 24.8. The van der Waals surface area contributed by atoms with Crippen molar-refractivity contribution >= 4 is 60.6 Å². The number of methoxy groups -OCH3 is 1. The van der Waals surface area contributed by atoms with Gasteiger partial charge in [0.1, 0.15) is 19.0 Å². The number of amides is 1. The monoisotopic (exact) mass is 534 g/mol. The van der Waals surface area contributed by atoms with Crippen molar-refractivity contribution in [2.75, 3.05) is 26.6 Å². The Morgan fingerprint density at radius 3 is 2.51 bits per heavy atom. The van der Waals surface area contributed by atoms with Gasteiger partial charge in [-0.2, -0.15) is 10.0 Å². The molecular formula is C22H19ClN4O6S2. The van der Waals surface area contributed by atoms with E-state index in [0.29, 0.717) is 27.8 Å². The highest BCUT2D eigenvalue weighted by Gasteiger charge is 2.38. The molecule has 0 saturated carbocycles.